The Labute approximate surface area is 175 Å². The van der Waals surface area contributed by atoms with Gasteiger partial charge in [0.1, 0.15) is 11.6 Å². The van der Waals surface area contributed by atoms with Gasteiger partial charge in [0.2, 0.25) is 0 Å². The minimum Gasteiger partial charge on any atom is -0.496 e. The molecule has 160 valence electrons. The number of hydrogen-bond donors (Lipinski definition) is 2. The molecule has 2 atom stereocenters. The van der Waals surface area contributed by atoms with E-state index in [0.717, 1.165) is 54.3 Å². The monoisotopic (exact) mass is 414 g/mol. The maximum absolute atomic E-state index is 14.1. The van der Waals surface area contributed by atoms with Crippen molar-refractivity contribution >= 4 is 10.9 Å². The number of rotatable bonds is 8. The summed E-state index contributed by atoms with van der Waals surface area (Å²) in [6.07, 6.45) is 5.47. The molecule has 6 heteroatoms. The normalized spacial score (nSPS) is 16.9. The zero-order valence-electron chi connectivity index (χ0n) is 17.4. The lowest BCUT2D eigenvalue weighted by Crippen LogP contribution is -2.42. The lowest BCUT2D eigenvalue weighted by atomic mass is 9.88. The van der Waals surface area contributed by atoms with E-state index in [0.29, 0.717) is 18.1 Å². The third-order valence-electron chi connectivity index (χ3n) is 6.07. The molecule has 0 saturated carbocycles. The van der Waals surface area contributed by atoms with Gasteiger partial charge >= 0.3 is 0 Å². The van der Waals surface area contributed by atoms with Crippen molar-refractivity contribution in [2.75, 3.05) is 20.3 Å². The van der Waals surface area contributed by atoms with Crippen molar-refractivity contribution in [1.29, 1.82) is 0 Å². The van der Waals surface area contributed by atoms with Crippen LogP contribution in [0.4, 0.5) is 8.78 Å². The van der Waals surface area contributed by atoms with Crippen molar-refractivity contribution in [2.45, 2.75) is 38.6 Å². The summed E-state index contributed by atoms with van der Waals surface area (Å²) in [4.78, 5) is 3.21. The molecule has 0 spiro atoms. The molecule has 2 heterocycles. The molecule has 2 unspecified atom stereocenters. The van der Waals surface area contributed by atoms with Crippen LogP contribution in [0.5, 0.6) is 11.5 Å². The summed E-state index contributed by atoms with van der Waals surface area (Å²) >= 11 is 0. The predicted molar refractivity (Wildman–Crippen MR) is 114 cm³/mol. The molecule has 4 rings (SSSR count). The maximum atomic E-state index is 14.1. The average molecular weight is 414 g/mol. The molecule has 0 amide bonds. The molecule has 4 nitrogen and oxygen atoms in total. The third kappa shape index (κ3) is 4.15. The van der Waals surface area contributed by atoms with E-state index < -0.39 is 0 Å². The van der Waals surface area contributed by atoms with Crippen LogP contribution < -0.4 is 14.8 Å². The molecule has 1 aromatic heterocycles. The van der Waals surface area contributed by atoms with E-state index in [4.69, 9.17) is 9.47 Å². The van der Waals surface area contributed by atoms with E-state index in [1.165, 1.54) is 12.1 Å². The Morgan fingerprint density at radius 2 is 2.13 bits per heavy atom. The number of nitrogens with one attached hydrogen (secondary N) is 2. The third-order valence-corrected chi connectivity index (χ3v) is 6.07. The van der Waals surface area contributed by atoms with Gasteiger partial charge in [-0.2, -0.15) is 0 Å². The van der Waals surface area contributed by atoms with Crippen molar-refractivity contribution in [3.05, 3.63) is 59.3 Å². The number of halogens is 2. The molecule has 30 heavy (non-hydrogen) atoms. The largest absolute Gasteiger partial charge is 0.496 e. The Morgan fingerprint density at radius 1 is 1.27 bits per heavy atom. The second kappa shape index (κ2) is 9.04. The van der Waals surface area contributed by atoms with Crippen LogP contribution in [0, 0.1) is 17.6 Å². The second-order valence-corrected chi connectivity index (χ2v) is 7.91. The van der Waals surface area contributed by atoms with Gasteiger partial charge in [-0.25, -0.2) is 8.78 Å². The van der Waals surface area contributed by atoms with Gasteiger partial charge in [-0.1, -0.05) is 6.92 Å². The summed E-state index contributed by atoms with van der Waals surface area (Å²) in [6, 6.07) is 8.17. The summed E-state index contributed by atoms with van der Waals surface area (Å²) in [5.74, 6) is 0.710. The Balaban J connectivity index is 1.35. The molecular weight excluding hydrogens is 386 g/mol. The summed E-state index contributed by atoms with van der Waals surface area (Å²) in [5, 5.41) is 4.60. The molecule has 3 aromatic rings. The van der Waals surface area contributed by atoms with Gasteiger partial charge in [0, 0.05) is 34.6 Å². The van der Waals surface area contributed by atoms with Gasteiger partial charge in [0.05, 0.1) is 13.7 Å². The first-order chi connectivity index (χ1) is 14.6. The second-order valence-electron chi connectivity index (χ2n) is 7.91. The smallest absolute Gasteiger partial charge is 0.165 e. The zero-order chi connectivity index (χ0) is 21.1. The van der Waals surface area contributed by atoms with Gasteiger partial charge < -0.3 is 19.8 Å². The van der Waals surface area contributed by atoms with Crippen molar-refractivity contribution in [1.82, 2.24) is 10.3 Å². The summed E-state index contributed by atoms with van der Waals surface area (Å²) in [6.45, 7) is 3.49. The minimum absolute atomic E-state index is 0.211. The van der Waals surface area contributed by atoms with E-state index >= 15 is 0 Å². The lowest BCUT2D eigenvalue weighted by molar-refractivity contribution is 0.172. The van der Waals surface area contributed by atoms with E-state index in [1.807, 2.05) is 6.20 Å². The van der Waals surface area contributed by atoms with Crippen LogP contribution in [0.3, 0.4) is 0 Å². The van der Waals surface area contributed by atoms with Crippen LogP contribution in [-0.4, -0.2) is 31.3 Å². The fourth-order valence-electron chi connectivity index (χ4n) is 4.46. The minimum atomic E-state index is -0.333. The van der Waals surface area contributed by atoms with Crippen LogP contribution in [0.15, 0.2) is 36.5 Å². The van der Waals surface area contributed by atoms with Gasteiger partial charge in [-0.15, -0.1) is 0 Å². The lowest BCUT2D eigenvalue weighted by Gasteiger charge is -2.32. The van der Waals surface area contributed by atoms with E-state index in [-0.39, 0.29) is 23.6 Å². The molecule has 0 fully saturated rings. The number of methoxy groups -OCH3 is 1. The summed E-state index contributed by atoms with van der Waals surface area (Å²) in [5.41, 5.74) is 2.91. The highest BCUT2D eigenvalue weighted by Gasteiger charge is 2.30. The topological polar surface area (TPSA) is 46.3 Å². The summed E-state index contributed by atoms with van der Waals surface area (Å²) < 4.78 is 38.8. The van der Waals surface area contributed by atoms with Gasteiger partial charge in [-0.05, 0) is 68.1 Å². The van der Waals surface area contributed by atoms with Crippen molar-refractivity contribution in [3.8, 4) is 11.5 Å². The van der Waals surface area contributed by atoms with Crippen LogP contribution in [-0.2, 0) is 12.8 Å². The average Bonchev–Trinajstić information content (AvgIpc) is 3.16. The first-order valence-electron chi connectivity index (χ1n) is 10.6. The Kier molecular flexibility index (Phi) is 6.23. The maximum Gasteiger partial charge on any atom is 0.165 e. The SMILES string of the molecule is CCC(NCCCc1c[nH]c2ccc(F)cc12)C1COc2c(F)ccc(OC)c2C1. The number of ether oxygens (including phenoxy) is 2. The van der Waals surface area contributed by atoms with Gasteiger partial charge in [0.25, 0.3) is 0 Å². The Bertz CT molecular complexity index is 1020. The highest BCUT2D eigenvalue weighted by molar-refractivity contribution is 5.83. The van der Waals surface area contributed by atoms with Crippen LogP contribution in [0.1, 0.15) is 30.9 Å². The number of aromatic amines is 1. The fraction of sp³-hybridized carbons (Fsp3) is 0.417. The number of hydrogen-bond acceptors (Lipinski definition) is 3. The Morgan fingerprint density at radius 3 is 2.93 bits per heavy atom. The number of benzene rings is 2. The van der Waals surface area contributed by atoms with Crippen molar-refractivity contribution in [3.63, 3.8) is 0 Å². The molecule has 0 saturated heterocycles. The quantitative estimate of drug-likeness (QED) is 0.510. The molecule has 0 bridgehead atoms. The molecule has 0 radical (unpaired) electrons. The molecule has 1 aliphatic rings. The predicted octanol–water partition coefficient (Wildman–Crippen LogP) is 5.01. The molecular formula is C24H28F2N2O2. The van der Waals surface area contributed by atoms with Crippen molar-refractivity contribution < 1.29 is 18.3 Å². The molecule has 0 aliphatic carbocycles. The van der Waals surface area contributed by atoms with Gasteiger partial charge in [-0.3, -0.25) is 0 Å². The van der Waals surface area contributed by atoms with Gasteiger partial charge in [0.15, 0.2) is 11.6 Å². The molecule has 2 N–H and O–H groups in total. The van der Waals surface area contributed by atoms with E-state index in [2.05, 4.69) is 17.2 Å². The number of aromatic nitrogens is 1. The number of aryl methyl sites for hydroxylation is 1. The highest BCUT2D eigenvalue weighted by atomic mass is 19.1. The fourth-order valence-corrected chi connectivity index (χ4v) is 4.46. The van der Waals surface area contributed by atoms with Crippen LogP contribution in [0.25, 0.3) is 10.9 Å². The molecule has 1 aliphatic heterocycles. The number of H-pyrrole nitrogens is 1. The first-order valence-corrected chi connectivity index (χ1v) is 10.6. The summed E-state index contributed by atoms with van der Waals surface area (Å²) in [7, 11) is 1.60. The van der Waals surface area contributed by atoms with Crippen LogP contribution >= 0.6 is 0 Å². The Hall–Kier alpha value is -2.60. The van der Waals surface area contributed by atoms with Crippen molar-refractivity contribution in [2.24, 2.45) is 5.92 Å². The first kappa shape index (κ1) is 20.7. The highest BCUT2D eigenvalue weighted by Crippen LogP contribution is 2.37. The number of fused-ring (bicyclic) bond motifs is 2. The molecule has 2 aromatic carbocycles. The van der Waals surface area contributed by atoms with E-state index in [1.54, 1.807) is 25.3 Å². The van der Waals surface area contributed by atoms with E-state index in [9.17, 15) is 8.78 Å². The standard InChI is InChI=1S/C24H28F2N2O2/c1-3-21(16-11-19-23(29-2)9-7-20(26)24(19)30-14-16)27-10-4-5-15-13-28-22-8-6-17(25)12-18(15)22/h6-9,12-13,16,21,27-28H,3-5,10-11,14H2,1-2H3. The van der Waals surface area contributed by atoms with Crippen LogP contribution in [0.2, 0.25) is 0 Å². The zero-order valence-corrected chi connectivity index (χ0v) is 17.4.